The van der Waals surface area contributed by atoms with E-state index in [0.717, 1.165) is 23.3 Å². The number of hydrogen-bond acceptors (Lipinski definition) is 3. The molecule has 2 rings (SSSR count). The predicted octanol–water partition coefficient (Wildman–Crippen LogP) is 4.16. The highest BCUT2D eigenvalue weighted by atomic mass is 16.5. The molecule has 2 aromatic carbocycles. The molecule has 2 aromatic rings. The van der Waals surface area contributed by atoms with Crippen molar-refractivity contribution >= 4 is 5.97 Å². The molecule has 0 saturated heterocycles. The van der Waals surface area contributed by atoms with Crippen LogP contribution in [0.1, 0.15) is 40.2 Å². The van der Waals surface area contributed by atoms with Gasteiger partial charge in [0.1, 0.15) is 5.75 Å². The van der Waals surface area contributed by atoms with Gasteiger partial charge in [0.25, 0.3) is 0 Å². The number of carboxylic acid groups (broad SMARTS) is 1. The third-order valence-corrected chi connectivity index (χ3v) is 3.70. The van der Waals surface area contributed by atoms with Gasteiger partial charge in [0.15, 0.2) is 0 Å². The van der Waals surface area contributed by atoms with Crippen molar-refractivity contribution in [2.24, 2.45) is 0 Å². The van der Waals surface area contributed by atoms with Crippen LogP contribution in [0.4, 0.5) is 0 Å². The van der Waals surface area contributed by atoms with E-state index in [9.17, 15) is 10.1 Å². The number of hydrogen-bond donors (Lipinski definition) is 1. The van der Waals surface area contributed by atoms with Gasteiger partial charge in [-0.2, -0.15) is 5.26 Å². The van der Waals surface area contributed by atoms with E-state index in [-0.39, 0.29) is 11.5 Å². The van der Waals surface area contributed by atoms with E-state index in [1.807, 2.05) is 31.2 Å². The molecule has 0 aromatic heterocycles. The third-order valence-electron chi connectivity index (χ3n) is 3.70. The standard InChI is InChI=1S/C19H19NO3/c1-14-5-2-3-7-18(14)23-12-4-6-17(13-20)15-8-10-16(11-9-15)19(21)22/h2-3,5,7-11,17H,4,6,12H2,1H3,(H,21,22). The molecule has 0 aliphatic heterocycles. The van der Waals surface area contributed by atoms with Gasteiger partial charge in [-0.05, 0) is 49.1 Å². The summed E-state index contributed by atoms with van der Waals surface area (Å²) in [7, 11) is 0. The van der Waals surface area contributed by atoms with Gasteiger partial charge in [0.2, 0.25) is 0 Å². The lowest BCUT2D eigenvalue weighted by Crippen LogP contribution is -2.03. The lowest BCUT2D eigenvalue weighted by molar-refractivity contribution is 0.0697. The van der Waals surface area contributed by atoms with E-state index in [2.05, 4.69) is 6.07 Å². The predicted molar refractivity (Wildman–Crippen MR) is 87.7 cm³/mol. The molecule has 0 bridgehead atoms. The van der Waals surface area contributed by atoms with Crippen LogP contribution in [0.3, 0.4) is 0 Å². The van der Waals surface area contributed by atoms with Crippen LogP contribution < -0.4 is 4.74 Å². The Kier molecular flexibility index (Phi) is 5.76. The number of rotatable bonds is 7. The van der Waals surface area contributed by atoms with Crippen molar-refractivity contribution in [3.05, 3.63) is 65.2 Å². The van der Waals surface area contributed by atoms with Gasteiger partial charge < -0.3 is 9.84 Å². The number of carboxylic acids is 1. The van der Waals surface area contributed by atoms with Crippen LogP contribution in [0.2, 0.25) is 0 Å². The third kappa shape index (κ3) is 4.58. The zero-order chi connectivity index (χ0) is 16.7. The fourth-order valence-corrected chi connectivity index (χ4v) is 2.35. The molecule has 0 heterocycles. The smallest absolute Gasteiger partial charge is 0.335 e. The number of aromatic carboxylic acids is 1. The minimum Gasteiger partial charge on any atom is -0.493 e. The van der Waals surface area contributed by atoms with Gasteiger partial charge in [-0.1, -0.05) is 30.3 Å². The first-order chi connectivity index (χ1) is 11.1. The van der Waals surface area contributed by atoms with Crippen LogP contribution in [0.25, 0.3) is 0 Å². The highest BCUT2D eigenvalue weighted by Gasteiger charge is 2.11. The molecule has 23 heavy (non-hydrogen) atoms. The number of nitriles is 1. The van der Waals surface area contributed by atoms with E-state index in [1.54, 1.807) is 12.1 Å². The monoisotopic (exact) mass is 309 g/mol. The molecule has 0 aliphatic rings. The molecule has 0 aliphatic carbocycles. The quantitative estimate of drug-likeness (QED) is 0.780. The second-order valence-corrected chi connectivity index (χ2v) is 5.37. The van der Waals surface area contributed by atoms with Gasteiger partial charge in [-0.25, -0.2) is 4.79 Å². The van der Waals surface area contributed by atoms with Gasteiger partial charge in [-0.15, -0.1) is 0 Å². The summed E-state index contributed by atoms with van der Waals surface area (Å²) in [5.74, 6) is -0.346. The maximum absolute atomic E-state index is 10.8. The number of benzene rings is 2. The highest BCUT2D eigenvalue weighted by molar-refractivity contribution is 5.87. The Labute approximate surface area is 136 Å². The Hall–Kier alpha value is -2.80. The van der Waals surface area contributed by atoms with Crippen LogP contribution in [0.5, 0.6) is 5.75 Å². The summed E-state index contributed by atoms with van der Waals surface area (Å²) in [4.78, 5) is 10.8. The molecule has 4 nitrogen and oxygen atoms in total. The lowest BCUT2D eigenvalue weighted by atomic mass is 9.95. The minimum absolute atomic E-state index is 0.230. The molecule has 1 N–H and O–H groups in total. The van der Waals surface area contributed by atoms with Crippen LogP contribution in [-0.2, 0) is 0 Å². The average molecular weight is 309 g/mol. The summed E-state index contributed by atoms with van der Waals surface area (Å²) in [6.07, 6.45) is 1.43. The van der Waals surface area contributed by atoms with Gasteiger partial charge in [0, 0.05) is 0 Å². The van der Waals surface area contributed by atoms with E-state index < -0.39 is 5.97 Å². The van der Waals surface area contributed by atoms with Crippen molar-refractivity contribution in [3.8, 4) is 11.8 Å². The zero-order valence-corrected chi connectivity index (χ0v) is 13.0. The molecule has 0 radical (unpaired) electrons. The van der Waals surface area contributed by atoms with Crippen LogP contribution >= 0.6 is 0 Å². The van der Waals surface area contributed by atoms with Crippen molar-refractivity contribution in [1.82, 2.24) is 0 Å². The normalized spacial score (nSPS) is 11.5. The fourth-order valence-electron chi connectivity index (χ4n) is 2.35. The topological polar surface area (TPSA) is 70.3 Å². The largest absolute Gasteiger partial charge is 0.493 e. The van der Waals surface area contributed by atoms with Crippen molar-refractivity contribution in [3.63, 3.8) is 0 Å². The Morgan fingerprint density at radius 1 is 1.22 bits per heavy atom. The second-order valence-electron chi connectivity index (χ2n) is 5.37. The summed E-state index contributed by atoms with van der Waals surface area (Å²) < 4.78 is 5.73. The van der Waals surface area contributed by atoms with Crippen molar-refractivity contribution in [2.75, 3.05) is 6.61 Å². The zero-order valence-electron chi connectivity index (χ0n) is 13.0. The molecule has 1 atom stereocenters. The minimum atomic E-state index is -0.961. The summed E-state index contributed by atoms with van der Waals surface area (Å²) in [6.45, 7) is 2.55. The first kappa shape index (κ1) is 16.6. The molecule has 0 fully saturated rings. The maximum atomic E-state index is 10.8. The molecule has 1 unspecified atom stereocenters. The van der Waals surface area contributed by atoms with Crippen molar-refractivity contribution in [2.45, 2.75) is 25.7 Å². The highest BCUT2D eigenvalue weighted by Crippen LogP contribution is 2.22. The van der Waals surface area contributed by atoms with Gasteiger partial charge in [-0.3, -0.25) is 0 Å². The SMILES string of the molecule is Cc1ccccc1OCCCC(C#N)c1ccc(C(=O)O)cc1. The average Bonchev–Trinajstić information content (AvgIpc) is 2.56. The Balaban J connectivity index is 1.87. The van der Waals surface area contributed by atoms with E-state index in [0.29, 0.717) is 13.0 Å². The van der Waals surface area contributed by atoms with Gasteiger partial charge in [0.05, 0.1) is 24.2 Å². The summed E-state index contributed by atoms with van der Waals surface area (Å²) in [6, 6.07) is 16.6. The Morgan fingerprint density at radius 3 is 2.52 bits per heavy atom. The summed E-state index contributed by atoms with van der Waals surface area (Å²) in [5, 5.41) is 18.2. The van der Waals surface area contributed by atoms with Crippen molar-refractivity contribution in [1.29, 1.82) is 5.26 Å². The first-order valence-electron chi connectivity index (χ1n) is 7.53. The molecule has 4 heteroatoms. The van der Waals surface area contributed by atoms with Gasteiger partial charge >= 0.3 is 5.97 Å². The van der Waals surface area contributed by atoms with Crippen LogP contribution in [0.15, 0.2) is 48.5 Å². The van der Waals surface area contributed by atoms with E-state index in [4.69, 9.17) is 9.84 Å². The molecule has 118 valence electrons. The second kappa shape index (κ2) is 8.00. The number of nitrogens with zero attached hydrogens (tertiary/aromatic N) is 1. The maximum Gasteiger partial charge on any atom is 0.335 e. The summed E-state index contributed by atoms with van der Waals surface area (Å²) >= 11 is 0. The van der Waals surface area contributed by atoms with Crippen molar-refractivity contribution < 1.29 is 14.6 Å². The van der Waals surface area contributed by atoms with Crippen LogP contribution in [0, 0.1) is 18.3 Å². The van der Waals surface area contributed by atoms with E-state index in [1.165, 1.54) is 12.1 Å². The number of ether oxygens (including phenoxy) is 1. The number of aryl methyl sites for hydroxylation is 1. The number of carbonyl (C=O) groups is 1. The number of para-hydroxylation sites is 1. The first-order valence-corrected chi connectivity index (χ1v) is 7.53. The molecular weight excluding hydrogens is 290 g/mol. The Morgan fingerprint density at radius 2 is 1.91 bits per heavy atom. The molecular formula is C19H19NO3. The molecule has 0 amide bonds. The molecule has 0 spiro atoms. The lowest BCUT2D eigenvalue weighted by Gasteiger charge is -2.11. The van der Waals surface area contributed by atoms with E-state index >= 15 is 0 Å². The molecule has 0 saturated carbocycles. The summed E-state index contributed by atoms with van der Waals surface area (Å²) in [5.41, 5.74) is 2.16. The fraction of sp³-hybridized carbons (Fsp3) is 0.263. The van der Waals surface area contributed by atoms with Crippen LogP contribution in [-0.4, -0.2) is 17.7 Å². The Bertz CT molecular complexity index is 701.